The summed E-state index contributed by atoms with van der Waals surface area (Å²) in [5, 5.41) is 17.0. The summed E-state index contributed by atoms with van der Waals surface area (Å²) in [6, 6.07) is 1.92. The maximum absolute atomic E-state index is 10.1. The largest absolute Gasteiger partial charge is 0.387 e. The molecule has 17 heavy (non-hydrogen) atoms. The molecule has 2 rings (SSSR count). The van der Waals surface area contributed by atoms with Crippen LogP contribution in [0.15, 0.2) is 15.9 Å². The normalized spacial score (nSPS) is 13.0. The van der Waals surface area contributed by atoms with Gasteiger partial charge in [0.15, 0.2) is 0 Å². The average molecular weight is 336 g/mol. The van der Waals surface area contributed by atoms with Gasteiger partial charge in [-0.25, -0.2) is 0 Å². The number of halogens is 2. The first-order chi connectivity index (χ1) is 7.99. The van der Waals surface area contributed by atoms with Crippen molar-refractivity contribution in [2.24, 2.45) is 7.05 Å². The van der Waals surface area contributed by atoms with Crippen LogP contribution in [0.4, 0.5) is 0 Å². The quantitative estimate of drug-likeness (QED) is 0.932. The van der Waals surface area contributed by atoms with Gasteiger partial charge in [0.2, 0.25) is 0 Å². The fraction of sp³-hybridized carbons (Fsp3) is 0.364. The van der Waals surface area contributed by atoms with Crippen molar-refractivity contribution >= 4 is 38.9 Å². The minimum atomic E-state index is -0.543. The van der Waals surface area contributed by atoms with Gasteiger partial charge in [0.25, 0.3) is 0 Å². The molecule has 0 saturated heterocycles. The number of aromatic nitrogens is 2. The molecule has 3 nitrogen and oxygen atoms in total. The fourth-order valence-corrected chi connectivity index (χ4v) is 3.36. The summed E-state index contributed by atoms with van der Waals surface area (Å²) in [6.07, 6.45) is -0.0676. The minimum Gasteiger partial charge on any atom is -0.387 e. The zero-order valence-corrected chi connectivity index (χ0v) is 12.6. The van der Waals surface area contributed by atoms with Crippen LogP contribution in [0, 0.1) is 6.92 Å². The number of hydrogen-bond donors (Lipinski definition) is 1. The zero-order valence-electron chi connectivity index (χ0n) is 9.44. The Morgan fingerprint density at radius 3 is 2.82 bits per heavy atom. The summed E-state index contributed by atoms with van der Waals surface area (Å²) in [5.74, 6) is 0. The molecule has 0 aliphatic carbocycles. The number of aliphatic hydroxyl groups is 1. The predicted molar refractivity (Wildman–Crippen MR) is 73.6 cm³/mol. The maximum Gasteiger partial charge on any atom is 0.0938 e. The number of thiophene rings is 1. The molecule has 0 radical (unpaired) electrons. The molecule has 2 aromatic heterocycles. The molecule has 1 unspecified atom stereocenters. The first-order valence-electron chi connectivity index (χ1n) is 5.09. The van der Waals surface area contributed by atoms with Gasteiger partial charge in [-0.1, -0.05) is 11.6 Å². The molecule has 0 amide bonds. The Hall–Kier alpha value is -0.360. The second-order valence-electron chi connectivity index (χ2n) is 3.86. The summed E-state index contributed by atoms with van der Waals surface area (Å²) in [4.78, 5) is 0.923. The third-order valence-corrected chi connectivity index (χ3v) is 4.85. The van der Waals surface area contributed by atoms with Gasteiger partial charge in [-0.15, -0.1) is 11.3 Å². The lowest BCUT2D eigenvalue weighted by Crippen LogP contribution is -2.05. The number of nitrogens with zero attached hydrogens (tertiary/aromatic N) is 2. The molecule has 0 fully saturated rings. The van der Waals surface area contributed by atoms with E-state index in [1.54, 1.807) is 4.68 Å². The highest BCUT2D eigenvalue weighted by atomic mass is 79.9. The number of hydrogen-bond acceptors (Lipinski definition) is 3. The summed E-state index contributed by atoms with van der Waals surface area (Å²) in [7, 11) is 1.84. The highest BCUT2D eigenvalue weighted by molar-refractivity contribution is 9.10. The average Bonchev–Trinajstić information content (AvgIpc) is 2.79. The smallest absolute Gasteiger partial charge is 0.0938 e. The van der Waals surface area contributed by atoms with Crippen molar-refractivity contribution in [3.63, 3.8) is 0 Å². The van der Waals surface area contributed by atoms with Gasteiger partial charge >= 0.3 is 0 Å². The van der Waals surface area contributed by atoms with Gasteiger partial charge in [0.05, 0.1) is 22.5 Å². The number of aryl methyl sites for hydroxylation is 2. The van der Waals surface area contributed by atoms with Crippen LogP contribution in [-0.2, 0) is 13.5 Å². The zero-order chi connectivity index (χ0) is 12.6. The van der Waals surface area contributed by atoms with E-state index in [1.807, 2.05) is 25.4 Å². The summed E-state index contributed by atoms with van der Waals surface area (Å²) in [5.41, 5.74) is 1.66. The highest BCUT2D eigenvalue weighted by Gasteiger charge is 2.17. The standard InChI is InChI=1S/C11H12BrClN2OS/c1-6-11(13)8(15(2)14-6)4-9(16)10-3-7(12)5-17-10/h3,5,9,16H,4H2,1-2H3. The lowest BCUT2D eigenvalue weighted by Gasteiger charge is -2.09. The maximum atomic E-state index is 10.1. The SMILES string of the molecule is Cc1nn(C)c(CC(O)c2cc(Br)cs2)c1Cl. The molecule has 0 spiro atoms. The van der Waals surface area contributed by atoms with Crippen LogP contribution in [0.5, 0.6) is 0 Å². The van der Waals surface area contributed by atoms with Crippen LogP contribution in [-0.4, -0.2) is 14.9 Å². The molecule has 92 valence electrons. The highest BCUT2D eigenvalue weighted by Crippen LogP contribution is 2.30. The van der Waals surface area contributed by atoms with Crippen LogP contribution in [0.2, 0.25) is 5.02 Å². The van der Waals surface area contributed by atoms with Crippen LogP contribution in [0.25, 0.3) is 0 Å². The molecule has 1 N–H and O–H groups in total. The van der Waals surface area contributed by atoms with E-state index in [1.165, 1.54) is 11.3 Å². The van der Waals surface area contributed by atoms with E-state index < -0.39 is 6.10 Å². The van der Waals surface area contributed by atoms with Crippen molar-refractivity contribution in [3.05, 3.63) is 37.2 Å². The fourth-order valence-electron chi connectivity index (χ4n) is 1.69. The molecular formula is C11H12BrClN2OS. The number of rotatable bonds is 3. The summed E-state index contributed by atoms with van der Waals surface area (Å²) >= 11 is 11.1. The van der Waals surface area contributed by atoms with E-state index in [2.05, 4.69) is 21.0 Å². The Balaban J connectivity index is 2.21. The van der Waals surface area contributed by atoms with E-state index in [0.717, 1.165) is 20.7 Å². The molecule has 0 bridgehead atoms. The second-order valence-corrected chi connectivity index (χ2v) is 6.09. The first-order valence-corrected chi connectivity index (χ1v) is 7.14. The van der Waals surface area contributed by atoms with Crippen molar-refractivity contribution in [2.45, 2.75) is 19.4 Å². The molecule has 0 saturated carbocycles. The molecule has 0 aliphatic rings. The Morgan fingerprint density at radius 1 is 1.65 bits per heavy atom. The van der Waals surface area contributed by atoms with E-state index in [4.69, 9.17) is 11.6 Å². The van der Waals surface area contributed by atoms with Crippen molar-refractivity contribution in [1.82, 2.24) is 9.78 Å². The van der Waals surface area contributed by atoms with E-state index in [9.17, 15) is 5.11 Å². The van der Waals surface area contributed by atoms with Crippen molar-refractivity contribution in [2.75, 3.05) is 0 Å². The third-order valence-electron chi connectivity index (χ3n) is 2.56. The Morgan fingerprint density at radius 2 is 2.35 bits per heavy atom. The Labute approximate surface area is 117 Å². The van der Waals surface area contributed by atoms with Crippen molar-refractivity contribution in [3.8, 4) is 0 Å². The molecule has 0 aromatic carbocycles. The van der Waals surface area contributed by atoms with Crippen LogP contribution < -0.4 is 0 Å². The van der Waals surface area contributed by atoms with Gasteiger partial charge in [-0.05, 0) is 28.9 Å². The van der Waals surface area contributed by atoms with Gasteiger partial charge in [-0.3, -0.25) is 4.68 Å². The Bertz CT molecular complexity index is 538. The molecule has 2 aromatic rings. The minimum absolute atomic E-state index is 0.475. The van der Waals surface area contributed by atoms with E-state index >= 15 is 0 Å². The Kier molecular flexibility index (Phi) is 3.92. The van der Waals surface area contributed by atoms with E-state index in [0.29, 0.717) is 11.4 Å². The van der Waals surface area contributed by atoms with Gasteiger partial charge in [0, 0.05) is 28.2 Å². The third kappa shape index (κ3) is 2.73. The molecular weight excluding hydrogens is 324 g/mol. The molecule has 0 aliphatic heterocycles. The first kappa shape index (κ1) is 13.1. The van der Waals surface area contributed by atoms with Crippen molar-refractivity contribution in [1.29, 1.82) is 0 Å². The number of aliphatic hydroxyl groups excluding tert-OH is 1. The van der Waals surface area contributed by atoms with Crippen LogP contribution in [0.3, 0.4) is 0 Å². The second kappa shape index (κ2) is 5.10. The van der Waals surface area contributed by atoms with Gasteiger partial charge < -0.3 is 5.11 Å². The van der Waals surface area contributed by atoms with E-state index in [-0.39, 0.29) is 0 Å². The lowest BCUT2D eigenvalue weighted by atomic mass is 10.1. The predicted octanol–water partition coefficient (Wildman–Crippen LogP) is 3.48. The van der Waals surface area contributed by atoms with Gasteiger partial charge in [-0.2, -0.15) is 5.10 Å². The van der Waals surface area contributed by atoms with Crippen molar-refractivity contribution < 1.29 is 5.11 Å². The van der Waals surface area contributed by atoms with Crippen LogP contribution in [0.1, 0.15) is 22.4 Å². The molecule has 1 atom stereocenters. The summed E-state index contributed by atoms with van der Waals surface area (Å²) < 4.78 is 2.72. The topological polar surface area (TPSA) is 38.0 Å². The van der Waals surface area contributed by atoms with Gasteiger partial charge in [0.1, 0.15) is 0 Å². The monoisotopic (exact) mass is 334 g/mol. The lowest BCUT2D eigenvalue weighted by molar-refractivity contribution is 0.179. The molecule has 6 heteroatoms. The molecule has 2 heterocycles. The van der Waals surface area contributed by atoms with Crippen LogP contribution >= 0.6 is 38.9 Å². The summed E-state index contributed by atoms with van der Waals surface area (Å²) in [6.45, 7) is 1.86.